The van der Waals surface area contributed by atoms with Crippen molar-refractivity contribution >= 4 is 5.69 Å². The second-order valence-corrected chi connectivity index (χ2v) is 4.60. The Kier molecular flexibility index (Phi) is 4.79. The lowest BCUT2D eigenvalue weighted by atomic mass is 10.1. The molecule has 0 aliphatic heterocycles. The normalized spacial score (nSPS) is 10.4. The van der Waals surface area contributed by atoms with Gasteiger partial charge in [0, 0.05) is 30.6 Å². The molecule has 0 amide bonds. The van der Waals surface area contributed by atoms with E-state index in [4.69, 9.17) is 0 Å². The first kappa shape index (κ1) is 14.1. The van der Waals surface area contributed by atoms with E-state index in [1.807, 2.05) is 18.2 Å². The Bertz CT molecular complexity index is 585. The fraction of sp³-hybridized carbons (Fsp3) is 0.267. The Balaban J connectivity index is 1.88. The third kappa shape index (κ3) is 3.61. The van der Waals surface area contributed by atoms with Crippen LogP contribution >= 0.6 is 0 Å². The smallest absolute Gasteiger partial charge is 0.272 e. The van der Waals surface area contributed by atoms with Gasteiger partial charge in [-0.25, -0.2) is 0 Å². The van der Waals surface area contributed by atoms with Crippen molar-refractivity contribution in [2.45, 2.75) is 19.9 Å². The van der Waals surface area contributed by atoms with E-state index < -0.39 is 0 Å². The molecule has 0 radical (unpaired) electrons. The van der Waals surface area contributed by atoms with Crippen LogP contribution in [0.1, 0.15) is 16.7 Å². The van der Waals surface area contributed by atoms with E-state index in [0.717, 1.165) is 24.1 Å². The van der Waals surface area contributed by atoms with E-state index in [-0.39, 0.29) is 10.6 Å². The largest absolute Gasteiger partial charge is 0.312 e. The maximum Gasteiger partial charge on any atom is 0.272 e. The number of benzene rings is 1. The Morgan fingerprint density at radius 1 is 1.25 bits per heavy atom. The van der Waals surface area contributed by atoms with Crippen molar-refractivity contribution in [1.82, 2.24) is 10.3 Å². The summed E-state index contributed by atoms with van der Waals surface area (Å²) in [7, 11) is 0. The number of nitrogens with one attached hydrogen (secondary N) is 1. The molecular formula is C15H17N3O2. The van der Waals surface area contributed by atoms with Gasteiger partial charge in [-0.15, -0.1) is 0 Å². The molecule has 5 nitrogen and oxygen atoms in total. The fourth-order valence-corrected chi connectivity index (χ4v) is 2.06. The van der Waals surface area contributed by atoms with Crippen molar-refractivity contribution in [3.05, 3.63) is 69.5 Å². The van der Waals surface area contributed by atoms with E-state index in [2.05, 4.69) is 10.3 Å². The monoisotopic (exact) mass is 271 g/mol. The molecule has 2 rings (SSSR count). The second kappa shape index (κ2) is 6.77. The molecule has 104 valence electrons. The maximum atomic E-state index is 10.9. The van der Waals surface area contributed by atoms with Crippen LogP contribution in [0.15, 0.2) is 42.7 Å². The molecule has 0 spiro atoms. The minimum Gasteiger partial charge on any atom is -0.312 e. The van der Waals surface area contributed by atoms with Crippen molar-refractivity contribution in [3.8, 4) is 0 Å². The lowest BCUT2D eigenvalue weighted by Gasteiger charge is -2.08. The summed E-state index contributed by atoms with van der Waals surface area (Å²) in [6.45, 7) is 3.25. The fourth-order valence-electron chi connectivity index (χ4n) is 2.06. The number of aromatic nitrogens is 1. The number of hydrogen-bond donors (Lipinski definition) is 1. The SMILES string of the molecule is Cc1c(CNCCc2ccncc2)cccc1[N+](=O)[O-]. The molecule has 0 bridgehead atoms. The number of pyridine rings is 1. The molecule has 0 aliphatic rings. The molecule has 2 aromatic rings. The summed E-state index contributed by atoms with van der Waals surface area (Å²) in [6.07, 6.45) is 4.47. The van der Waals surface area contributed by atoms with Gasteiger partial charge in [-0.1, -0.05) is 12.1 Å². The van der Waals surface area contributed by atoms with Gasteiger partial charge in [0.25, 0.3) is 5.69 Å². The summed E-state index contributed by atoms with van der Waals surface area (Å²) in [5.74, 6) is 0. The zero-order valence-electron chi connectivity index (χ0n) is 11.4. The number of nitrogens with zero attached hydrogens (tertiary/aromatic N) is 2. The highest BCUT2D eigenvalue weighted by Crippen LogP contribution is 2.20. The summed E-state index contributed by atoms with van der Waals surface area (Å²) in [6, 6.07) is 9.16. The van der Waals surface area contributed by atoms with Crippen molar-refractivity contribution in [3.63, 3.8) is 0 Å². The van der Waals surface area contributed by atoms with Crippen LogP contribution in [0, 0.1) is 17.0 Å². The van der Waals surface area contributed by atoms with Crippen LogP contribution in [-0.4, -0.2) is 16.5 Å². The van der Waals surface area contributed by atoms with Crippen LogP contribution < -0.4 is 5.32 Å². The third-order valence-electron chi connectivity index (χ3n) is 3.27. The van der Waals surface area contributed by atoms with Gasteiger partial charge in [0.05, 0.1) is 4.92 Å². The Labute approximate surface area is 117 Å². The first-order valence-corrected chi connectivity index (χ1v) is 6.51. The quantitative estimate of drug-likeness (QED) is 0.498. The molecule has 1 aromatic heterocycles. The average molecular weight is 271 g/mol. The lowest BCUT2D eigenvalue weighted by Crippen LogP contribution is -2.17. The van der Waals surface area contributed by atoms with Crippen LogP contribution in [0.3, 0.4) is 0 Å². The van der Waals surface area contributed by atoms with Crippen LogP contribution in [0.5, 0.6) is 0 Å². The van der Waals surface area contributed by atoms with Gasteiger partial charge >= 0.3 is 0 Å². The van der Waals surface area contributed by atoms with Gasteiger partial charge in [0.15, 0.2) is 0 Å². The van der Waals surface area contributed by atoms with Gasteiger partial charge in [-0.2, -0.15) is 0 Å². The first-order chi connectivity index (χ1) is 9.68. The van der Waals surface area contributed by atoms with Gasteiger partial charge in [0.2, 0.25) is 0 Å². The lowest BCUT2D eigenvalue weighted by molar-refractivity contribution is -0.385. The highest BCUT2D eigenvalue weighted by molar-refractivity contribution is 5.44. The van der Waals surface area contributed by atoms with Crippen LogP contribution in [0.2, 0.25) is 0 Å². The zero-order valence-corrected chi connectivity index (χ0v) is 11.4. The molecule has 1 heterocycles. The number of rotatable bonds is 6. The van der Waals surface area contributed by atoms with Crippen LogP contribution in [0.4, 0.5) is 5.69 Å². The molecule has 1 aromatic carbocycles. The molecule has 0 unspecified atom stereocenters. The van der Waals surface area contributed by atoms with Crippen molar-refractivity contribution in [2.75, 3.05) is 6.54 Å². The van der Waals surface area contributed by atoms with E-state index in [1.165, 1.54) is 11.6 Å². The first-order valence-electron chi connectivity index (χ1n) is 6.51. The van der Waals surface area contributed by atoms with Crippen molar-refractivity contribution in [2.24, 2.45) is 0 Å². The Morgan fingerprint density at radius 3 is 2.70 bits per heavy atom. The van der Waals surface area contributed by atoms with Crippen molar-refractivity contribution in [1.29, 1.82) is 0 Å². The van der Waals surface area contributed by atoms with E-state index in [0.29, 0.717) is 6.54 Å². The minimum atomic E-state index is -0.337. The molecular weight excluding hydrogens is 254 g/mol. The molecule has 0 saturated carbocycles. The predicted octanol–water partition coefficient (Wildman–Crippen LogP) is 2.63. The highest BCUT2D eigenvalue weighted by Gasteiger charge is 2.12. The standard InChI is InChI=1S/C15H17N3O2/c1-12-14(3-2-4-15(12)18(19)20)11-17-10-7-13-5-8-16-9-6-13/h2-6,8-9,17H,7,10-11H2,1H3. The van der Waals surface area contributed by atoms with Gasteiger partial charge < -0.3 is 5.32 Å². The maximum absolute atomic E-state index is 10.9. The van der Waals surface area contributed by atoms with E-state index in [1.54, 1.807) is 25.4 Å². The Morgan fingerprint density at radius 2 is 2.00 bits per heavy atom. The summed E-state index contributed by atoms with van der Waals surface area (Å²) >= 11 is 0. The van der Waals surface area contributed by atoms with Crippen LogP contribution in [-0.2, 0) is 13.0 Å². The van der Waals surface area contributed by atoms with Crippen LogP contribution in [0.25, 0.3) is 0 Å². The molecule has 0 saturated heterocycles. The minimum absolute atomic E-state index is 0.179. The second-order valence-electron chi connectivity index (χ2n) is 4.60. The summed E-state index contributed by atoms with van der Waals surface area (Å²) in [4.78, 5) is 14.5. The molecule has 20 heavy (non-hydrogen) atoms. The molecule has 0 aliphatic carbocycles. The zero-order chi connectivity index (χ0) is 14.4. The van der Waals surface area contributed by atoms with E-state index >= 15 is 0 Å². The summed E-state index contributed by atoms with van der Waals surface area (Å²) < 4.78 is 0. The highest BCUT2D eigenvalue weighted by atomic mass is 16.6. The Hall–Kier alpha value is -2.27. The van der Waals surface area contributed by atoms with Gasteiger partial charge in [-0.05, 0) is 43.1 Å². The third-order valence-corrected chi connectivity index (χ3v) is 3.27. The molecule has 1 N–H and O–H groups in total. The molecule has 5 heteroatoms. The molecule has 0 fully saturated rings. The topological polar surface area (TPSA) is 68.1 Å². The number of nitro benzene ring substituents is 1. The predicted molar refractivity (Wildman–Crippen MR) is 77.5 cm³/mol. The summed E-state index contributed by atoms with van der Waals surface area (Å²) in [5, 5.41) is 14.2. The summed E-state index contributed by atoms with van der Waals surface area (Å²) in [5.41, 5.74) is 3.10. The number of nitro groups is 1. The number of hydrogen-bond acceptors (Lipinski definition) is 4. The molecule has 0 atom stereocenters. The van der Waals surface area contributed by atoms with Gasteiger partial charge in [0.1, 0.15) is 0 Å². The average Bonchev–Trinajstić information content (AvgIpc) is 2.46. The van der Waals surface area contributed by atoms with E-state index in [9.17, 15) is 10.1 Å². The van der Waals surface area contributed by atoms with Gasteiger partial charge in [-0.3, -0.25) is 15.1 Å². The van der Waals surface area contributed by atoms with Crippen molar-refractivity contribution < 1.29 is 4.92 Å².